The molecule has 3 rings (SSSR count). The van der Waals surface area contributed by atoms with E-state index in [0.717, 1.165) is 5.56 Å². The number of carbonyl (C=O) groups excluding carboxylic acids is 2. The summed E-state index contributed by atoms with van der Waals surface area (Å²) in [5.74, 6) is -0.502. The largest absolute Gasteiger partial charge is 0.422 e. The van der Waals surface area contributed by atoms with Crippen molar-refractivity contribution in [2.45, 2.75) is 33.6 Å². The van der Waals surface area contributed by atoms with Crippen LogP contribution in [0.5, 0.6) is 5.75 Å². The summed E-state index contributed by atoms with van der Waals surface area (Å²) < 4.78 is 10.6. The molecule has 148 valence electrons. The van der Waals surface area contributed by atoms with Gasteiger partial charge in [-0.1, -0.05) is 38.1 Å². The van der Waals surface area contributed by atoms with Gasteiger partial charge in [0.15, 0.2) is 11.4 Å². The van der Waals surface area contributed by atoms with Crippen molar-refractivity contribution in [3.63, 3.8) is 0 Å². The maximum Gasteiger partial charge on any atom is 0.336 e. The molecule has 0 spiro atoms. The average molecular weight is 390 g/mol. The third-order valence-corrected chi connectivity index (χ3v) is 4.66. The normalized spacial score (nSPS) is 11.3. The van der Waals surface area contributed by atoms with Crippen LogP contribution in [-0.2, 0) is 4.79 Å². The first kappa shape index (κ1) is 20.3. The van der Waals surface area contributed by atoms with E-state index in [4.69, 9.17) is 9.15 Å². The predicted molar refractivity (Wildman–Crippen MR) is 112 cm³/mol. The number of hydrogen-bond donors (Lipinski definition) is 0. The molecule has 1 aromatic heterocycles. The van der Waals surface area contributed by atoms with Crippen LogP contribution in [0.3, 0.4) is 0 Å². The fourth-order valence-corrected chi connectivity index (χ4v) is 3.08. The van der Waals surface area contributed by atoms with E-state index in [-0.39, 0.29) is 22.7 Å². The first-order valence-electron chi connectivity index (χ1n) is 9.34. The van der Waals surface area contributed by atoms with Gasteiger partial charge in [-0.25, -0.2) is 9.59 Å². The van der Waals surface area contributed by atoms with E-state index >= 15 is 0 Å². The monoisotopic (exact) mass is 390 g/mol. The fraction of sp³-hybridized carbons (Fsp3) is 0.208. The van der Waals surface area contributed by atoms with Gasteiger partial charge in [-0.3, -0.25) is 4.79 Å². The van der Waals surface area contributed by atoms with Crippen molar-refractivity contribution in [2.24, 2.45) is 0 Å². The van der Waals surface area contributed by atoms with Crippen LogP contribution in [0.15, 0.2) is 57.8 Å². The van der Waals surface area contributed by atoms with E-state index < -0.39 is 11.6 Å². The zero-order valence-corrected chi connectivity index (χ0v) is 16.8. The first-order chi connectivity index (χ1) is 13.8. The number of carbonyl (C=O) groups is 2. The van der Waals surface area contributed by atoms with Crippen molar-refractivity contribution in [1.82, 2.24) is 0 Å². The second-order valence-corrected chi connectivity index (χ2v) is 7.20. The molecule has 0 saturated carbocycles. The second kappa shape index (κ2) is 8.27. The molecule has 0 saturated heterocycles. The summed E-state index contributed by atoms with van der Waals surface area (Å²) in [4.78, 5) is 36.2. The molecule has 0 aliphatic heterocycles. The molecule has 5 heteroatoms. The first-order valence-corrected chi connectivity index (χ1v) is 9.34. The van der Waals surface area contributed by atoms with Crippen molar-refractivity contribution >= 4 is 28.8 Å². The van der Waals surface area contributed by atoms with E-state index in [9.17, 15) is 14.4 Å². The number of Topliss-reactive ketones (excluding diaryl/α,β-unsaturated/α-hetero) is 1. The molecular formula is C24H22O5. The highest BCUT2D eigenvalue weighted by atomic mass is 16.5. The van der Waals surface area contributed by atoms with E-state index in [1.807, 2.05) is 24.3 Å². The Balaban J connectivity index is 1.89. The van der Waals surface area contributed by atoms with Gasteiger partial charge < -0.3 is 9.15 Å². The van der Waals surface area contributed by atoms with Gasteiger partial charge in [0.2, 0.25) is 0 Å². The Kier molecular flexibility index (Phi) is 5.78. The van der Waals surface area contributed by atoms with Crippen LogP contribution in [0, 0.1) is 6.92 Å². The number of aryl methyl sites for hydroxylation is 1. The third-order valence-electron chi connectivity index (χ3n) is 4.66. The molecule has 5 nitrogen and oxygen atoms in total. The highest BCUT2D eigenvalue weighted by Gasteiger charge is 2.18. The Hall–Kier alpha value is -3.47. The van der Waals surface area contributed by atoms with Crippen LogP contribution in [0.4, 0.5) is 0 Å². The zero-order valence-electron chi connectivity index (χ0n) is 16.8. The van der Waals surface area contributed by atoms with Crippen molar-refractivity contribution in [1.29, 1.82) is 0 Å². The molecule has 0 aliphatic rings. The maximum absolute atomic E-state index is 12.3. The Morgan fingerprint density at radius 3 is 2.38 bits per heavy atom. The Morgan fingerprint density at radius 1 is 1.07 bits per heavy atom. The molecule has 0 N–H and O–H groups in total. The van der Waals surface area contributed by atoms with E-state index in [1.165, 1.54) is 30.7 Å². The summed E-state index contributed by atoms with van der Waals surface area (Å²) in [7, 11) is 0. The third kappa shape index (κ3) is 4.51. The lowest BCUT2D eigenvalue weighted by molar-refractivity contribution is -0.128. The van der Waals surface area contributed by atoms with Crippen LogP contribution in [-0.4, -0.2) is 11.8 Å². The van der Waals surface area contributed by atoms with Crippen molar-refractivity contribution in [2.75, 3.05) is 0 Å². The van der Waals surface area contributed by atoms with Crippen LogP contribution in [0.25, 0.3) is 17.0 Å². The summed E-state index contributed by atoms with van der Waals surface area (Å²) in [6.07, 6.45) is 2.94. The maximum atomic E-state index is 12.3. The molecule has 0 unspecified atom stereocenters. The quantitative estimate of drug-likeness (QED) is 0.200. The summed E-state index contributed by atoms with van der Waals surface area (Å²) in [5, 5.41) is 0.621. The number of hydrogen-bond acceptors (Lipinski definition) is 5. The van der Waals surface area contributed by atoms with Crippen molar-refractivity contribution < 1.29 is 18.7 Å². The van der Waals surface area contributed by atoms with Gasteiger partial charge in [-0.15, -0.1) is 0 Å². The molecule has 29 heavy (non-hydrogen) atoms. The van der Waals surface area contributed by atoms with Gasteiger partial charge in [0.1, 0.15) is 11.3 Å². The lowest BCUT2D eigenvalue weighted by Gasteiger charge is -2.10. The lowest BCUT2D eigenvalue weighted by Crippen LogP contribution is -2.09. The van der Waals surface area contributed by atoms with Gasteiger partial charge in [0, 0.05) is 17.5 Å². The highest BCUT2D eigenvalue weighted by molar-refractivity contribution is 6.08. The molecule has 0 atom stereocenters. The number of fused-ring (bicyclic) bond motifs is 1. The van der Waals surface area contributed by atoms with Crippen molar-refractivity contribution in [3.8, 4) is 5.75 Å². The molecule has 0 amide bonds. The molecule has 0 bridgehead atoms. The fourth-order valence-electron chi connectivity index (χ4n) is 3.08. The van der Waals surface area contributed by atoms with Crippen LogP contribution in [0.2, 0.25) is 0 Å². The topological polar surface area (TPSA) is 73.6 Å². The molecule has 3 aromatic rings. The van der Waals surface area contributed by atoms with Gasteiger partial charge in [0.05, 0.1) is 0 Å². The minimum Gasteiger partial charge on any atom is -0.422 e. The zero-order chi connectivity index (χ0) is 21.1. The van der Waals surface area contributed by atoms with Gasteiger partial charge in [0.25, 0.3) is 0 Å². The average Bonchev–Trinajstić information content (AvgIpc) is 2.66. The Bertz CT molecular complexity index is 1160. The highest BCUT2D eigenvalue weighted by Crippen LogP contribution is 2.29. The number of ketones is 1. The molecule has 1 heterocycles. The predicted octanol–water partition coefficient (Wildman–Crippen LogP) is 5.05. The lowest BCUT2D eigenvalue weighted by atomic mass is 10.0. The number of rotatable bonds is 5. The molecular weight excluding hydrogens is 368 g/mol. The molecule has 2 aromatic carbocycles. The van der Waals surface area contributed by atoms with Crippen LogP contribution >= 0.6 is 0 Å². The van der Waals surface area contributed by atoms with E-state index in [1.54, 1.807) is 19.1 Å². The summed E-state index contributed by atoms with van der Waals surface area (Å²) in [6, 6.07) is 12.4. The van der Waals surface area contributed by atoms with Gasteiger partial charge in [-0.05, 0) is 54.7 Å². The van der Waals surface area contributed by atoms with E-state index in [2.05, 4.69) is 13.8 Å². The minimum atomic E-state index is -0.630. The second-order valence-electron chi connectivity index (χ2n) is 7.20. The summed E-state index contributed by atoms with van der Waals surface area (Å²) in [6.45, 7) is 7.31. The molecule has 0 fully saturated rings. The van der Waals surface area contributed by atoms with Crippen LogP contribution in [0.1, 0.15) is 53.7 Å². The molecule has 0 radical (unpaired) electrons. The van der Waals surface area contributed by atoms with Gasteiger partial charge >= 0.3 is 11.6 Å². The number of benzene rings is 2. The Morgan fingerprint density at radius 2 is 1.76 bits per heavy atom. The van der Waals surface area contributed by atoms with Gasteiger partial charge in [-0.2, -0.15) is 0 Å². The number of ether oxygens (including phenoxy) is 1. The summed E-state index contributed by atoms with van der Waals surface area (Å²) in [5.41, 5.74) is 2.39. The minimum absolute atomic E-state index is 0.0588. The van der Waals surface area contributed by atoms with Crippen LogP contribution < -0.4 is 10.4 Å². The SMILES string of the molecule is CC(=O)c1c(OC(=O)/C=C/c2ccc(C(C)C)cc2)ccc2c(C)cc(=O)oc12. The number of esters is 1. The van der Waals surface area contributed by atoms with E-state index in [0.29, 0.717) is 16.9 Å². The smallest absolute Gasteiger partial charge is 0.336 e. The molecule has 0 aliphatic carbocycles. The Labute approximate surface area is 168 Å². The summed E-state index contributed by atoms with van der Waals surface area (Å²) >= 11 is 0. The van der Waals surface area contributed by atoms with Crippen molar-refractivity contribution in [3.05, 3.63) is 81.2 Å². The standard InChI is InChI=1S/C24H22O5/c1-14(2)18-8-5-17(6-9-18)7-12-21(26)28-20-11-10-19-15(3)13-22(27)29-24(19)23(20)16(4)25/h5-14H,1-4H3/b12-7+.